The summed E-state index contributed by atoms with van der Waals surface area (Å²) in [5.41, 5.74) is 1.27. The molecule has 1 N–H and O–H groups in total. The predicted octanol–water partition coefficient (Wildman–Crippen LogP) is 3.17. The highest BCUT2D eigenvalue weighted by Crippen LogP contribution is 2.27. The van der Waals surface area contributed by atoms with Crippen LogP contribution in [0.25, 0.3) is 11.4 Å². The number of esters is 1. The van der Waals surface area contributed by atoms with Gasteiger partial charge in [-0.05, 0) is 37.1 Å². The number of rotatable bonds is 9. The van der Waals surface area contributed by atoms with E-state index in [-0.39, 0.29) is 30.0 Å². The van der Waals surface area contributed by atoms with Gasteiger partial charge in [-0.1, -0.05) is 11.8 Å². The highest BCUT2D eigenvalue weighted by molar-refractivity contribution is 7.99. The summed E-state index contributed by atoms with van der Waals surface area (Å²) >= 11 is 2.49. The zero-order valence-corrected chi connectivity index (χ0v) is 19.5. The predicted molar refractivity (Wildman–Crippen MR) is 122 cm³/mol. The number of hydrogen-bond acceptors (Lipinski definition) is 9. The summed E-state index contributed by atoms with van der Waals surface area (Å²) in [6.07, 6.45) is 2.02. The Bertz CT molecular complexity index is 1110. The molecule has 1 fully saturated rings. The first-order valence-electron chi connectivity index (χ1n) is 10.3. The number of aromatic nitrogens is 4. The van der Waals surface area contributed by atoms with Gasteiger partial charge >= 0.3 is 5.97 Å². The van der Waals surface area contributed by atoms with E-state index >= 15 is 0 Å². The molecule has 1 amide bonds. The lowest BCUT2D eigenvalue weighted by Crippen LogP contribution is -2.18. The molecule has 1 saturated heterocycles. The zero-order valence-electron chi connectivity index (χ0n) is 17.8. The van der Waals surface area contributed by atoms with Gasteiger partial charge in [0.1, 0.15) is 5.82 Å². The van der Waals surface area contributed by atoms with Crippen LogP contribution in [-0.4, -0.2) is 57.2 Å². The van der Waals surface area contributed by atoms with Crippen LogP contribution in [0.2, 0.25) is 0 Å². The van der Waals surface area contributed by atoms with E-state index in [0.29, 0.717) is 28.4 Å². The second-order valence-corrected chi connectivity index (χ2v) is 9.09. The molecule has 2 aromatic heterocycles. The third-order valence-electron chi connectivity index (χ3n) is 4.91. The molecule has 1 aliphatic heterocycles. The van der Waals surface area contributed by atoms with Gasteiger partial charge in [0.2, 0.25) is 5.91 Å². The van der Waals surface area contributed by atoms with Crippen LogP contribution in [-0.2, 0) is 32.0 Å². The van der Waals surface area contributed by atoms with E-state index in [1.54, 1.807) is 17.5 Å². The second kappa shape index (κ2) is 10.9. The van der Waals surface area contributed by atoms with E-state index in [1.807, 2.05) is 4.57 Å². The van der Waals surface area contributed by atoms with Gasteiger partial charge in [0, 0.05) is 17.6 Å². The number of halogens is 1. The molecule has 12 heteroatoms. The van der Waals surface area contributed by atoms with Crippen LogP contribution < -0.4 is 5.32 Å². The van der Waals surface area contributed by atoms with Gasteiger partial charge in [-0.15, -0.1) is 21.5 Å². The molecule has 1 aromatic carbocycles. The van der Waals surface area contributed by atoms with Crippen molar-refractivity contribution in [3.63, 3.8) is 0 Å². The lowest BCUT2D eigenvalue weighted by atomic mass is 10.2. The summed E-state index contributed by atoms with van der Waals surface area (Å²) in [6.45, 7) is 1.27. The average Bonchev–Trinajstić information content (AvgIpc) is 3.56. The van der Waals surface area contributed by atoms with Crippen LogP contribution in [0.15, 0.2) is 34.8 Å². The van der Waals surface area contributed by atoms with Crippen LogP contribution in [0.5, 0.6) is 0 Å². The highest BCUT2D eigenvalue weighted by Gasteiger charge is 2.22. The number of thioether (sulfide) groups is 1. The third kappa shape index (κ3) is 6.15. The topological polar surface area (TPSA) is 108 Å². The maximum atomic E-state index is 13.4. The number of benzene rings is 1. The van der Waals surface area contributed by atoms with E-state index < -0.39 is 5.97 Å². The fraction of sp³-hybridized carbons (Fsp3) is 0.381. The van der Waals surface area contributed by atoms with Crippen molar-refractivity contribution in [1.82, 2.24) is 19.7 Å². The van der Waals surface area contributed by atoms with Crippen molar-refractivity contribution < 1.29 is 23.5 Å². The number of hydrogen-bond donors (Lipinski definition) is 1. The van der Waals surface area contributed by atoms with E-state index in [1.165, 1.54) is 42.3 Å². The van der Waals surface area contributed by atoms with Crippen molar-refractivity contribution in [2.75, 3.05) is 24.8 Å². The van der Waals surface area contributed by atoms with Crippen LogP contribution in [0.3, 0.4) is 0 Å². The molecule has 3 aromatic rings. The normalized spacial score (nSPS) is 15.5. The summed E-state index contributed by atoms with van der Waals surface area (Å²) in [6, 6.07) is 6.06. The minimum absolute atomic E-state index is 0.0388. The number of carbonyl (C=O) groups excluding carboxylic acids is 2. The third-order valence-corrected chi connectivity index (χ3v) is 6.69. The van der Waals surface area contributed by atoms with E-state index in [0.717, 1.165) is 25.0 Å². The molecule has 0 radical (unpaired) electrons. The Kier molecular flexibility index (Phi) is 7.68. The summed E-state index contributed by atoms with van der Waals surface area (Å²) < 4.78 is 25.7. The first kappa shape index (κ1) is 23.3. The Hall–Kier alpha value is -2.83. The van der Waals surface area contributed by atoms with Gasteiger partial charge < -0.3 is 14.8 Å². The molecule has 174 valence electrons. The highest BCUT2D eigenvalue weighted by atomic mass is 32.2. The number of nitrogens with one attached hydrogen (secondary N) is 1. The van der Waals surface area contributed by atoms with Gasteiger partial charge in [-0.25, -0.2) is 9.37 Å². The van der Waals surface area contributed by atoms with Crippen molar-refractivity contribution >= 4 is 40.1 Å². The molecule has 4 rings (SSSR count). The minimum Gasteiger partial charge on any atom is -0.469 e. The summed E-state index contributed by atoms with van der Waals surface area (Å²) in [4.78, 5) is 28.0. The second-order valence-electron chi connectivity index (χ2n) is 7.29. The van der Waals surface area contributed by atoms with Crippen LogP contribution >= 0.6 is 23.1 Å². The van der Waals surface area contributed by atoms with Crippen molar-refractivity contribution in [3.05, 3.63) is 41.2 Å². The van der Waals surface area contributed by atoms with Crippen LogP contribution in [0.4, 0.5) is 9.52 Å². The maximum absolute atomic E-state index is 13.4. The zero-order chi connectivity index (χ0) is 23.2. The fourth-order valence-corrected chi connectivity index (χ4v) is 4.79. The van der Waals surface area contributed by atoms with E-state index in [4.69, 9.17) is 4.74 Å². The number of thiazole rings is 1. The van der Waals surface area contributed by atoms with Gasteiger partial charge in [0.15, 0.2) is 16.1 Å². The first-order chi connectivity index (χ1) is 16.0. The molecule has 1 unspecified atom stereocenters. The smallest absolute Gasteiger partial charge is 0.311 e. The first-order valence-corrected chi connectivity index (χ1v) is 12.1. The van der Waals surface area contributed by atoms with Gasteiger partial charge in [0.25, 0.3) is 0 Å². The molecule has 0 bridgehead atoms. The monoisotopic (exact) mass is 491 g/mol. The number of carbonyl (C=O) groups is 2. The van der Waals surface area contributed by atoms with Crippen molar-refractivity contribution in [1.29, 1.82) is 0 Å². The largest absolute Gasteiger partial charge is 0.469 e. The van der Waals surface area contributed by atoms with Gasteiger partial charge in [-0.3, -0.25) is 14.2 Å². The van der Waals surface area contributed by atoms with Crippen molar-refractivity contribution in [3.8, 4) is 11.4 Å². The Morgan fingerprint density at radius 3 is 2.88 bits per heavy atom. The Balaban J connectivity index is 1.43. The van der Waals surface area contributed by atoms with Gasteiger partial charge in [-0.2, -0.15) is 0 Å². The van der Waals surface area contributed by atoms with E-state index in [9.17, 15) is 14.0 Å². The van der Waals surface area contributed by atoms with Crippen LogP contribution in [0, 0.1) is 5.82 Å². The Morgan fingerprint density at radius 1 is 1.33 bits per heavy atom. The SMILES string of the molecule is COC(=O)Cc1csc(NC(=O)CSc2nnc(-c3ccc(F)cc3)n2CC2CCCO2)n1. The molecule has 1 aliphatic rings. The number of amides is 1. The Labute approximate surface area is 197 Å². The van der Waals surface area contributed by atoms with Crippen molar-refractivity contribution in [2.45, 2.75) is 37.1 Å². The van der Waals surface area contributed by atoms with E-state index in [2.05, 4.69) is 25.2 Å². The molecular formula is C21H22FN5O4S2. The molecule has 0 spiro atoms. The Morgan fingerprint density at radius 2 is 2.15 bits per heavy atom. The molecule has 3 heterocycles. The molecule has 0 saturated carbocycles. The molecule has 0 aliphatic carbocycles. The standard InChI is InChI=1S/C21H22FN5O4S2/c1-30-18(29)9-15-11-32-20(23-15)24-17(28)12-33-21-26-25-19(13-4-6-14(22)7-5-13)27(21)10-16-3-2-8-31-16/h4-7,11,16H,2-3,8-10,12H2,1H3,(H,23,24,28). The number of methoxy groups -OCH3 is 1. The van der Waals surface area contributed by atoms with Crippen molar-refractivity contribution in [2.24, 2.45) is 0 Å². The lowest BCUT2D eigenvalue weighted by molar-refractivity contribution is -0.139. The summed E-state index contributed by atoms with van der Waals surface area (Å²) in [7, 11) is 1.31. The fourth-order valence-electron chi connectivity index (χ4n) is 3.32. The number of anilines is 1. The van der Waals surface area contributed by atoms with Crippen LogP contribution in [0.1, 0.15) is 18.5 Å². The molecule has 9 nitrogen and oxygen atoms in total. The number of nitrogens with zero attached hydrogens (tertiary/aromatic N) is 4. The lowest BCUT2D eigenvalue weighted by Gasteiger charge is -2.14. The molecule has 1 atom stereocenters. The number of ether oxygens (including phenoxy) is 2. The molecular weight excluding hydrogens is 469 g/mol. The van der Waals surface area contributed by atoms with Gasteiger partial charge in [0.05, 0.1) is 37.6 Å². The quantitative estimate of drug-likeness (QED) is 0.359. The average molecular weight is 492 g/mol. The summed E-state index contributed by atoms with van der Waals surface area (Å²) in [5, 5.41) is 14.0. The summed E-state index contributed by atoms with van der Waals surface area (Å²) in [5.74, 6) is -0.280. The maximum Gasteiger partial charge on any atom is 0.311 e. The molecule has 33 heavy (non-hydrogen) atoms. The minimum atomic E-state index is -0.392.